The van der Waals surface area contributed by atoms with Crippen molar-refractivity contribution in [3.8, 4) is 0 Å². The molecule has 1 aromatic carbocycles. The molecule has 2 N–H and O–H groups in total. The third kappa shape index (κ3) is 4.06. The van der Waals surface area contributed by atoms with Gasteiger partial charge in [0.15, 0.2) is 0 Å². The zero-order chi connectivity index (χ0) is 13.7. The highest BCUT2D eigenvalue weighted by Crippen LogP contribution is 2.19. The molecule has 19 heavy (non-hydrogen) atoms. The van der Waals surface area contributed by atoms with Crippen LogP contribution in [0.5, 0.6) is 0 Å². The first kappa shape index (κ1) is 14.1. The van der Waals surface area contributed by atoms with Crippen molar-refractivity contribution in [2.75, 3.05) is 13.1 Å². The van der Waals surface area contributed by atoms with E-state index in [1.807, 2.05) is 30.0 Å². The van der Waals surface area contributed by atoms with Gasteiger partial charge in [-0.15, -0.1) is 0 Å². The summed E-state index contributed by atoms with van der Waals surface area (Å²) in [6.45, 7) is 3.77. The van der Waals surface area contributed by atoms with Gasteiger partial charge in [0, 0.05) is 25.6 Å². The van der Waals surface area contributed by atoms with Gasteiger partial charge in [-0.05, 0) is 37.7 Å². The molecule has 1 aromatic rings. The van der Waals surface area contributed by atoms with Crippen LogP contribution in [0.25, 0.3) is 0 Å². The Bertz CT molecular complexity index is 402. The summed E-state index contributed by atoms with van der Waals surface area (Å²) in [5, 5.41) is 0. The number of carbonyl (C=O) groups is 1. The first-order valence-electron chi connectivity index (χ1n) is 7.24. The van der Waals surface area contributed by atoms with Gasteiger partial charge in [0.25, 0.3) is 0 Å². The molecule has 2 unspecified atom stereocenters. The van der Waals surface area contributed by atoms with Crippen molar-refractivity contribution in [1.82, 2.24) is 4.90 Å². The van der Waals surface area contributed by atoms with Crippen molar-refractivity contribution in [3.05, 3.63) is 35.9 Å². The Labute approximate surface area is 115 Å². The Kier molecular flexibility index (Phi) is 4.97. The molecule has 1 aliphatic rings. The van der Waals surface area contributed by atoms with Gasteiger partial charge in [-0.25, -0.2) is 0 Å². The van der Waals surface area contributed by atoms with Gasteiger partial charge in [0.2, 0.25) is 5.91 Å². The van der Waals surface area contributed by atoms with Gasteiger partial charge < -0.3 is 10.6 Å². The van der Waals surface area contributed by atoms with Crippen molar-refractivity contribution in [2.45, 2.75) is 38.6 Å². The van der Waals surface area contributed by atoms with Crippen LogP contribution in [0.3, 0.4) is 0 Å². The summed E-state index contributed by atoms with van der Waals surface area (Å²) < 4.78 is 0. The van der Waals surface area contributed by atoms with Gasteiger partial charge in [0.1, 0.15) is 0 Å². The summed E-state index contributed by atoms with van der Waals surface area (Å²) in [6.07, 6.45) is 3.63. The predicted octanol–water partition coefficient (Wildman–Crippen LogP) is 2.21. The van der Waals surface area contributed by atoms with Crippen LogP contribution >= 0.6 is 0 Å². The number of amides is 1. The van der Waals surface area contributed by atoms with Crippen molar-refractivity contribution in [2.24, 2.45) is 11.7 Å². The minimum Gasteiger partial charge on any atom is -0.342 e. The van der Waals surface area contributed by atoms with E-state index in [1.54, 1.807) is 0 Å². The Morgan fingerprint density at radius 1 is 1.42 bits per heavy atom. The van der Waals surface area contributed by atoms with Crippen LogP contribution in [0.1, 0.15) is 31.7 Å². The number of nitrogens with two attached hydrogens (primary N) is 1. The lowest BCUT2D eigenvalue weighted by molar-refractivity contribution is -0.130. The maximum absolute atomic E-state index is 12.1. The number of hydrogen-bond donors (Lipinski definition) is 1. The Morgan fingerprint density at radius 3 is 2.79 bits per heavy atom. The quantitative estimate of drug-likeness (QED) is 0.882. The summed E-state index contributed by atoms with van der Waals surface area (Å²) in [4.78, 5) is 14.1. The van der Waals surface area contributed by atoms with Gasteiger partial charge in [-0.3, -0.25) is 4.79 Å². The smallest absolute Gasteiger partial charge is 0.222 e. The second-order valence-corrected chi connectivity index (χ2v) is 5.59. The van der Waals surface area contributed by atoms with E-state index < -0.39 is 0 Å². The van der Waals surface area contributed by atoms with Crippen LogP contribution in [0, 0.1) is 5.92 Å². The topological polar surface area (TPSA) is 46.3 Å². The molecular formula is C16H24N2O. The van der Waals surface area contributed by atoms with E-state index in [4.69, 9.17) is 5.73 Å². The molecule has 0 aromatic heterocycles. The molecule has 0 bridgehead atoms. The zero-order valence-electron chi connectivity index (χ0n) is 11.7. The van der Waals surface area contributed by atoms with Crippen LogP contribution in [0.2, 0.25) is 0 Å². The summed E-state index contributed by atoms with van der Waals surface area (Å²) in [7, 11) is 0. The van der Waals surface area contributed by atoms with Crippen LogP contribution in [0.15, 0.2) is 30.3 Å². The fourth-order valence-corrected chi connectivity index (χ4v) is 2.69. The molecule has 0 radical (unpaired) electrons. The Morgan fingerprint density at radius 2 is 2.16 bits per heavy atom. The Balaban J connectivity index is 1.71. The number of carbonyl (C=O) groups excluding carboxylic acids is 1. The monoisotopic (exact) mass is 260 g/mol. The highest BCUT2D eigenvalue weighted by molar-refractivity contribution is 5.76. The van der Waals surface area contributed by atoms with Gasteiger partial charge in [0.05, 0.1) is 0 Å². The maximum Gasteiger partial charge on any atom is 0.222 e. The van der Waals surface area contributed by atoms with Crippen molar-refractivity contribution >= 4 is 5.91 Å². The first-order chi connectivity index (χ1) is 9.16. The van der Waals surface area contributed by atoms with Gasteiger partial charge in [-0.2, -0.15) is 0 Å². The van der Waals surface area contributed by atoms with Crippen LogP contribution in [-0.2, 0) is 11.2 Å². The lowest BCUT2D eigenvalue weighted by atomic mass is 10.0. The number of nitrogens with zero attached hydrogens (tertiary/aromatic N) is 1. The van der Waals surface area contributed by atoms with Crippen LogP contribution in [-0.4, -0.2) is 29.9 Å². The first-order valence-corrected chi connectivity index (χ1v) is 7.24. The minimum absolute atomic E-state index is 0.196. The predicted molar refractivity (Wildman–Crippen MR) is 77.7 cm³/mol. The molecule has 3 heteroatoms. The van der Waals surface area contributed by atoms with Crippen LogP contribution < -0.4 is 5.73 Å². The lowest BCUT2D eigenvalue weighted by Crippen LogP contribution is -2.32. The summed E-state index contributed by atoms with van der Waals surface area (Å²) in [5.41, 5.74) is 7.21. The third-order valence-electron chi connectivity index (χ3n) is 4.02. The molecule has 0 saturated carbocycles. The third-order valence-corrected chi connectivity index (χ3v) is 4.02. The summed E-state index contributed by atoms with van der Waals surface area (Å²) in [6, 6.07) is 10.5. The molecule has 0 spiro atoms. The average Bonchev–Trinajstić information content (AvgIpc) is 2.89. The number of hydrogen-bond acceptors (Lipinski definition) is 2. The van der Waals surface area contributed by atoms with Crippen molar-refractivity contribution < 1.29 is 4.79 Å². The summed E-state index contributed by atoms with van der Waals surface area (Å²) >= 11 is 0. The number of benzene rings is 1. The summed E-state index contributed by atoms with van der Waals surface area (Å²) in [5.74, 6) is 0.775. The highest BCUT2D eigenvalue weighted by Gasteiger charge is 2.27. The average molecular weight is 260 g/mol. The molecule has 1 saturated heterocycles. The van der Waals surface area contributed by atoms with Gasteiger partial charge >= 0.3 is 0 Å². The molecule has 1 heterocycles. The SMILES string of the molecule is CC(N)C1CCN(C(=O)CCCc2ccccc2)C1. The zero-order valence-corrected chi connectivity index (χ0v) is 11.7. The lowest BCUT2D eigenvalue weighted by Gasteiger charge is -2.18. The minimum atomic E-state index is 0.196. The van der Waals surface area contributed by atoms with E-state index in [1.165, 1.54) is 5.56 Å². The molecule has 104 valence electrons. The van der Waals surface area contributed by atoms with E-state index in [0.717, 1.165) is 32.4 Å². The van der Waals surface area contributed by atoms with Gasteiger partial charge in [-0.1, -0.05) is 30.3 Å². The fourth-order valence-electron chi connectivity index (χ4n) is 2.69. The normalized spacial score (nSPS) is 20.5. The number of likely N-dealkylation sites (tertiary alicyclic amines) is 1. The maximum atomic E-state index is 12.1. The largest absolute Gasteiger partial charge is 0.342 e. The number of aryl methyl sites for hydroxylation is 1. The van der Waals surface area contributed by atoms with Crippen molar-refractivity contribution in [1.29, 1.82) is 0 Å². The molecular weight excluding hydrogens is 236 g/mol. The molecule has 2 rings (SSSR count). The van der Waals surface area contributed by atoms with E-state index >= 15 is 0 Å². The molecule has 1 fully saturated rings. The van der Waals surface area contributed by atoms with E-state index in [-0.39, 0.29) is 6.04 Å². The van der Waals surface area contributed by atoms with Crippen LogP contribution in [0.4, 0.5) is 0 Å². The Hall–Kier alpha value is -1.35. The second-order valence-electron chi connectivity index (χ2n) is 5.59. The number of rotatable bonds is 5. The molecule has 1 aliphatic heterocycles. The van der Waals surface area contributed by atoms with E-state index in [0.29, 0.717) is 18.2 Å². The standard InChI is InChI=1S/C16H24N2O/c1-13(17)15-10-11-18(12-15)16(19)9-5-8-14-6-3-2-4-7-14/h2-4,6-7,13,15H,5,8-12,17H2,1H3. The molecule has 1 amide bonds. The van der Waals surface area contributed by atoms with E-state index in [2.05, 4.69) is 12.1 Å². The molecule has 2 atom stereocenters. The molecule has 3 nitrogen and oxygen atoms in total. The fraction of sp³-hybridized carbons (Fsp3) is 0.562. The molecule has 0 aliphatic carbocycles. The van der Waals surface area contributed by atoms with Crippen molar-refractivity contribution in [3.63, 3.8) is 0 Å². The second kappa shape index (κ2) is 6.71. The highest BCUT2D eigenvalue weighted by atomic mass is 16.2. The van der Waals surface area contributed by atoms with E-state index in [9.17, 15) is 4.79 Å².